The summed E-state index contributed by atoms with van der Waals surface area (Å²) in [5, 5.41) is 3.15. The molecule has 2 aromatic rings. The first-order valence-corrected chi connectivity index (χ1v) is 12.5. The van der Waals surface area contributed by atoms with Crippen LogP contribution in [0, 0.1) is 5.82 Å². The van der Waals surface area contributed by atoms with Gasteiger partial charge in [0.1, 0.15) is 11.9 Å². The third kappa shape index (κ3) is 6.62. The lowest BCUT2D eigenvalue weighted by Crippen LogP contribution is -2.49. The van der Waals surface area contributed by atoms with E-state index in [2.05, 4.69) is 5.32 Å². The molecule has 9 heteroatoms. The monoisotopic (exact) mass is 458 g/mol. The van der Waals surface area contributed by atoms with Gasteiger partial charge in [-0.3, -0.25) is 9.10 Å². The van der Waals surface area contributed by atoms with Crippen LogP contribution in [-0.2, 0) is 20.6 Å². The highest BCUT2D eigenvalue weighted by Gasteiger charge is 2.31. The third-order valence-corrected chi connectivity index (χ3v) is 6.71. The van der Waals surface area contributed by atoms with Crippen LogP contribution < -0.4 is 9.62 Å². The van der Waals surface area contributed by atoms with Gasteiger partial charge in [-0.2, -0.15) is 11.8 Å². The number of amides is 1. The van der Waals surface area contributed by atoms with Crippen LogP contribution in [0.2, 0.25) is 5.02 Å². The molecule has 29 heavy (non-hydrogen) atoms. The minimum atomic E-state index is -3.64. The molecule has 0 saturated heterocycles. The molecule has 0 saturated carbocycles. The fraction of sp³-hybridized carbons (Fsp3) is 0.350. The minimum Gasteiger partial charge on any atom is -0.353 e. The van der Waals surface area contributed by atoms with Crippen LogP contribution in [0.15, 0.2) is 48.5 Å². The van der Waals surface area contributed by atoms with Crippen LogP contribution in [0.5, 0.6) is 0 Å². The van der Waals surface area contributed by atoms with Crippen LogP contribution in [0.3, 0.4) is 0 Å². The predicted octanol–water partition coefficient (Wildman–Crippen LogP) is 4.07. The smallest absolute Gasteiger partial charge is 0.243 e. The van der Waals surface area contributed by atoms with E-state index in [0.717, 1.165) is 10.6 Å². The van der Waals surface area contributed by atoms with E-state index in [1.54, 1.807) is 49.4 Å². The topological polar surface area (TPSA) is 66.5 Å². The number of hydrogen-bond donors (Lipinski definition) is 1. The van der Waals surface area contributed by atoms with E-state index in [-0.39, 0.29) is 11.7 Å². The van der Waals surface area contributed by atoms with Crippen molar-refractivity contribution in [1.29, 1.82) is 0 Å². The van der Waals surface area contributed by atoms with Gasteiger partial charge in [0.2, 0.25) is 15.9 Å². The Morgan fingerprint density at radius 3 is 2.48 bits per heavy atom. The number of thioether (sulfide) groups is 1. The summed E-state index contributed by atoms with van der Waals surface area (Å²) < 4.78 is 39.6. The van der Waals surface area contributed by atoms with Gasteiger partial charge in [0, 0.05) is 28.6 Å². The van der Waals surface area contributed by atoms with E-state index in [1.807, 2.05) is 0 Å². The van der Waals surface area contributed by atoms with Crippen molar-refractivity contribution in [3.63, 3.8) is 0 Å². The molecule has 0 aromatic heterocycles. The average molecular weight is 459 g/mol. The van der Waals surface area contributed by atoms with Crippen molar-refractivity contribution in [3.05, 3.63) is 64.9 Å². The van der Waals surface area contributed by atoms with Gasteiger partial charge in [-0.15, -0.1) is 0 Å². The lowest BCUT2D eigenvalue weighted by molar-refractivity contribution is -0.122. The number of benzene rings is 2. The molecule has 0 aliphatic heterocycles. The van der Waals surface area contributed by atoms with Crippen molar-refractivity contribution in [3.8, 4) is 0 Å². The third-order valence-electron chi connectivity index (χ3n) is 4.19. The number of halogens is 2. The molecule has 0 fully saturated rings. The Morgan fingerprint density at radius 2 is 1.90 bits per heavy atom. The molecule has 0 radical (unpaired) electrons. The summed E-state index contributed by atoms with van der Waals surface area (Å²) in [6.45, 7) is 2.10. The zero-order chi connectivity index (χ0) is 21.4. The van der Waals surface area contributed by atoms with Gasteiger partial charge in [-0.05, 0) is 30.7 Å². The molecule has 1 amide bonds. The predicted molar refractivity (Wildman–Crippen MR) is 118 cm³/mol. The highest BCUT2D eigenvalue weighted by atomic mass is 35.5. The normalized spacial score (nSPS) is 12.4. The van der Waals surface area contributed by atoms with E-state index in [0.29, 0.717) is 40.7 Å². The van der Waals surface area contributed by atoms with Crippen molar-refractivity contribution >= 4 is 45.0 Å². The van der Waals surface area contributed by atoms with Crippen molar-refractivity contribution in [2.75, 3.05) is 22.9 Å². The number of anilines is 1. The van der Waals surface area contributed by atoms with Gasteiger partial charge in [-0.1, -0.05) is 42.8 Å². The first-order chi connectivity index (χ1) is 13.8. The summed E-state index contributed by atoms with van der Waals surface area (Å²) in [7, 11) is -3.64. The maximum Gasteiger partial charge on any atom is 0.243 e. The number of para-hydroxylation sites is 1. The molecular weight excluding hydrogens is 435 g/mol. The number of nitrogens with zero attached hydrogens (tertiary/aromatic N) is 1. The van der Waals surface area contributed by atoms with Gasteiger partial charge < -0.3 is 5.32 Å². The molecule has 2 aromatic carbocycles. The zero-order valence-electron chi connectivity index (χ0n) is 16.3. The lowest BCUT2D eigenvalue weighted by Gasteiger charge is -2.30. The van der Waals surface area contributed by atoms with Crippen molar-refractivity contribution < 1.29 is 17.6 Å². The molecule has 0 heterocycles. The number of carbonyl (C=O) groups excluding carboxylic acids is 1. The second-order valence-corrected chi connectivity index (χ2v) is 9.73. The second kappa shape index (κ2) is 10.8. The Kier molecular flexibility index (Phi) is 8.79. The van der Waals surface area contributed by atoms with Crippen LogP contribution in [0.4, 0.5) is 10.1 Å². The van der Waals surface area contributed by atoms with Crippen molar-refractivity contribution in [2.45, 2.75) is 25.1 Å². The SMILES string of the molecule is CC[C@@H](C(=O)NCCSCc1c(F)cccc1Cl)N(c1ccccc1)S(C)(=O)=O. The molecule has 2 rings (SSSR count). The van der Waals surface area contributed by atoms with Crippen molar-refractivity contribution in [1.82, 2.24) is 5.32 Å². The highest BCUT2D eigenvalue weighted by molar-refractivity contribution is 7.98. The molecule has 0 aliphatic carbocycles. The summed E-state index contributed by atoms with van der Waals surface area (Å²) >= 11 is 7.44. The number of hydrogen-bond acceptors (Lipinski definition) is 4. The van der Waals surface area contributed by atoms with Crippen molar-refractivity contribution in [2.24, 2.45) is 0 Å². The Bertz CT molecular complexity index is 906. The van der Waals surface area contributed by atoms with E-state index >= 15 is 0 Å². The summed E-state index contributed by atoms with van der Waals surface area (Å²) in [5.74, 6) is 0.202. The van der Waals surface area contributed by atoms with E-state index in [4.69, 9.17) is 11.6 Å². The number of rotatable bonds is 10. The Morgan fingerprint density at radius 1 is 1.21 bits per heavy atom. The Balaban J connectivity index is 1.95. The van der Waals surface area contributed by atoms with Gasteiger partial charge in [0.25, 0.3) is 0 Å². The average Bonchev–Trinajstić information content (AvgIpc) is 2.67. The molecule has 0 unspecified atom stereocenters. The largest absolute Gasteiger partial charge is 0.353 e. The summed E-state index contributed by atoms with van der Waals surface area (Å²) in [6, 6.07) is 12.2. The Hall–Kier alpha value is -1.77. The number of carbonyl (C=O) groups is 1. The van der Waals surface area contributed by atoms with Gasteiger partial charge in [0.05, 0.1) is 11.9 Å². The lowest BCUT2D eigenvalue weighted by atomic mass is 10.2. The maximum atomic E-state index is 13.8. The van der Waals surface area contributed by atoms with E-state index < -0.39 is 16.1 Å². The first kappa shape index (κ1) is 23.5. The first-order valence-electron chi connectivity index (χ1n) is 9.08. The second-order valence-electron chi connectivity index (χ2n) is 6.36. The summed E-state index contributed by atoms with van der Waals surface area (Å²) in [5.41, 5.74) is 0.879. The molecular formula is C20H24ClFN2O3S2. The standard InChI is InChI=1S/C20H24ClFN2O3S2/c1-3-19(24(29(2,26)27)15-8-5-4-6-9-15)20(25)23-12-13-28-14-16-17(21)10-7-11-18(16)22/h4-11,19H,3,12-14H2,1-2H3,(H,23,25)/t19-/m0/s1. The highest BCUT2D eigenvalue weighted by Crippen LogP contribution is 2.24. The fourth-order valence-corrected chi connectivity index (χ4v) is 5.25. The fourth-order valence-electron chi connectivity index (χ4n) is 2.84. The van der Waals surface area contributed by atoms with Crippen LogP contribution in [-0.4, -0.2) is 38.9 Å². The Labute approximate surface area is 180 Å². The quantitative estimate of drug-likeness (QED) is 0.545. The van der Waals surface area contributed by atoms with Gasteiger partial charge in [0.15, 0.2) is 0 Å². The molecule has 158 valence electrons. The van der Waals surface area contributed by atoms with Gasteiger partial charge in [-0.25, -0.2) is 12.8 Å². The number of nitrogens with one attached hydrogen (secondary N) is 1. The molecule has 0 aliphatic rings. The number of sulfonamides is 1. The summed E-state index contributed by atoms with van der Waals surface area (Å²) in [6.07, 6.45) is 1.41. The molecule has 5 nitrogen and oxygen atoms in total. The van der Waals surface area contributed by atoms with Crippen LogP contribution in [0.25, 0.3) is 0 Å². The molecule has 0 spiro atoms. The van der Waals surface area contributed by atoms with E-state index in [1.165, 1.54) is 17.8 Å². The van der Waals surface area contributed by atoms with Crippen LogP contribution >= 0.6 is 23.4 Å². The van der Waals surface area contributed by atoms with Crippen LogP contribution in [0.1, 0.15) is 18.9 Å². The molecule has 0 bridgehead atoms. The summed E-state index contributed by atoms with van der Waals surface area (Å²) in [4.78, 5) is 12.7. The molecule has 1 atom stereocenters. The van der Waals surface area contributed by atoms with Gasteiger partial charge >= 0.3 is 0 Å². The molecule has 1 N–H and O–H groups in total. The minimum absolute atomic E-state index is 0.325. The maximum absolute atomic E-state index is 13.8. The zero-order valence-corrected chi connectivity index (χ0v) is 18.7. The van der Waals surface area contributed by atoms with E-state index in [9.17, 15) is 17.6 Å².